The highest BCUT2D eigenvalue weighted by Gasteiger charge is 2.70. The third-order valence-corrected chi connectivity index (χ3v) is 8.51. The predicted octanol–water partition coefficient (Wildman–Crippen LogP) is 2.97. The van der Waals surface area contributed by atoms with Gasteiger partial charge in [-0.15, -0.1) is 0 Å². The van der Waals surface area contributed by atoms with Gasteiger partial charge in [-0.25, -0.2) is 4.39 Å². The van der Waals surface area contributed by atoms with Crippen LogP contribution in [0.2, 0.25) is 0 Å². The molecule has 0 spiro atoms. The Morgan fingerprint density at radius 1 is 1.15 bits per heavy atom. The molecule has 1 heterocycles. The van der Waals surface area contributed by atoms with Crippen molar-refractivity contribution < 1.29 is 23.5 Å². The molecular weight excluding hydrogens is 437 g/mol. The zero-order chi connectivity index (χ0) is 23.7. The molecule has 2 bridgehead atoms. The average molecular weight is 468 g/mol. The van der Waals surface area contributed by atoms with Crippen molar-refractivity contribution in [2.24, 2.45) is 23.7 Å². The number of amides is 2. The molecule has 5 saturated carbocycles. The first-order valence-electron chi connectivity index (χ1n) is 12.1. The molecule has 2 aromatic rings. The van der Waals surface area contributed by atoms with Crippen LogP contribution < -0.4 is 15.4 Å². The van der Waals surface area contributed by atoms with Gasteiger partial charge >= 0.3 is 0 Å². The van der Waals surface area contributed by atoms with Gasteiger partial charge in [0.2, 0.25) is 11.8 Å². The number of carbonyl (C=O) groups is 2. The molecule has 5 atom stereocenters. The summed E-state index contributed by atoms with van der Waals surface area (Å²) in [5.41, 5.74) is 0.435. The second-order valence-corrected chi connectivity index (χ2v) is 10.9. The Hall–Kier alpha value is -2.74. The summed E-state index contributed by atoms with van der Waals surface area (Å²) in [5, 5.41) is 7.02. The lowest BCUT2D eigenvalue weighted by atomic mass is 9.44. The molecule has 2 N–H and O–H groups in total. The number of methoxy groups -OCH3 is 1. The van der Waals surface area contributed by atoms with E-state index < -0.39 is 0 Å². The van der Waals surface area contributed by atoms with Crippen LogP contribution in [0.1, 0.15) is 39.0 Å². The number of hydrogen-bond donors (Lipinski definition) is 2. The third-order valence-electron chi connectivity index (χ3n) is 8.51. The summed E-state index contributed by atoms with van der Waals surface area (Å²) in [6.45, 7) is 2.11. The maximum absolute atomic E-state index is 13.7. The van der Waals surface area contributed by atoms with Crippen LogP contribution in [-0.2, 0) is 14.3 Å². The van der Waals surface area contributed by atoms with E-state index in [0.717, 1.165) is 37.6 Å². The van der Waals surface area contributed by atoms with Crippen molar-refractivity contribution in [2.75, 3.05) is 13.7 Å². The molecule has 3 unspecified atom stereocenters. The molecule has 1 aromatic carbocycles. The zero-order valence-electron chi connectivity index (χ0n) is 19.5. The van der Waals surface area contributed by atoms with Gasteiger partial charge in [0.25, 0.3) is 0 Å². The molecule has 7 rings (SSSR count). The van der Waals surface area contributed by atoms with E-state index in [4.69, 9.17) is 9.47 Å². The van der Waals surface area contributed by atoms with Gasteiger partial charge in [0, 0.05) is 35.7 Å². The third kappa shape index (κ3) is 3.54. The van der Waals surface area contributed by atoms with E-state index in [0.29, 0.717) is 28.9 Å². The number of fused-ring (bicyclic) bond motifs is 2. The molecule has 1 aromatic heterocycles. The van der Waals surface area contributed by atoms with E-state index >= 15 is 0 Å². The molecule has 34 heavy (non-hydrogen) atoms. The van der Waals surface area contributed by atoms with Crippen molar-refractivity contribution in [3.05, 3.63) is 36.3 Å². The summed E-state index contributed by atoms with van der Waals surface area (Å²) in [6, 6.07) is 6.35. The van der Waals surface area contributed by atoms with E-state index in [1.54, 1.807) is 18.3 Å². The van der Waals surface area contributed by atoms with Gasteiger partial charge in [-0.1, -0.05) is 6.92 Å². The van der Waals surface area contributed by atoms with Crippen LogP contribution >= 0.6 is 0 Å². The van der Waals surface area contributed by atoms with Crippen molar-refractivity contribution >= 4 is 22.7 Å². The highest BCUT2D eigenvalue weighted by molar-refractivity contribution is 5.85. The second kappa shape index (κ2) is 7.63. The van der Waals surface area contributed by atoms with E-state index in [1.165, 1.54) is 19.2 Å². The number of halogens is 1. The number of rotatable bonds is 8. The Morgan fingerprint density at radius 3 is 2.56 bits per heavy atom. The lowest BCUT2D eigenvalue weighted by Crippen LogP contribution is -2.84. The van der Waals surface area contributed by atoms with Crippen molar-refractivity contribution in [3.63, 3.8) is 0 Å². The topological polar surface area (TPSA) is 89.6 Å². The molecule has 2 amide bonds. The Kier molecular flexibility index (Phi) is 4.89. The molecule has 5 aliphatic rings. The zero-order valence-corrected chi connectivity index (χ0v) is 19.5. The Bertz CT molecular complexity index is 1140. The number of pyridine rings is 1. The van der Waals surface area contributed by atoms with Crippen LogP contribution in [0.25, 0.3) is 10.9 Å². The van der Waals surface area contributed by atoms with E-state index in [-0.39, 0.29) is 47.3 Å². The first-order chi connectivity index (χ1) is 16.3. The van der Waals surface area contributed by atoms with Gasteiger partial charge in [-0.05, 0) is 74.1 Å². The fourth-order valence-corrected chi connectivity index (χ4v) is 7.12. The van der Waals surface area contributed by atoms with Crippen LogP contribution in [0.3, 0.4) is 0 Å². The molecule has 8 heteroatoms. The lowest BCUT2D eigenvalue weighted by Gasteiger charge is -2.70. The highest BCUT2D eigenvalue weighted by Crippen LogP contribution is 2.63. The molecule has 7 nitrogen and oxygen atoms in total. The standard InChI is InChI=1S/C26H30FN3O4/c1-14(24(32)30-26-11-25(12-26,13-26)29-22(31)10-33-2)23-17-8-16(9-18(17)23)34-21-5-6-28-20-4-3-15(27)7-19(20)21/h3-7,14,16-18,23H,8-13H2,1-2H3,(H,29,31)(H,30,32)/t14?,16?,17-,18+,23?,25?,26?. The first-order valence-corrected chi connectivity index (χ1v) is 12.1. The normalized spacial score (nSPS) is 35.5. The summed E-state index contributed by atoms with van der Waals surface area (Å²) in [5.74, 6) is 1.78. The van der Waals surface area contributed by atoms with Gasteiger partial charge in [0.05, 0.1) is 11.6 Å². The van der Waals surface area contributed by atoms with Crippen LogP contribution in [0.4, 0.5) is 4.39 Å². The maximum Gasteiger partial charge on any atom is 0.246 e. The van der Waals surface area contributed by atoms with E-state index in [1.807, 2.05) is 6.92 Å². The van der Waals surface area contributed by atoms with Crippen molar-refractivity contribution in [1.82, 2.24) is 15.6 Å². The van der Waals surface area contributed by atoms with Crippen LogP contribution in [0, 0.1) is 29.5 Å². The van der Waals surface area contributed by atoms with Crippen molar-refractivity contribution in [1.29, 1.82) is 0 Å². The van der Waals surface area contributed by atoms with Gasteiger partial charge in [-0.3, -0.25) is 14.6 Å². The SMILES string of the molecule is COCC(=O)NC12CC(NC(=O)C(C)C3[C@H]4CC(Oc5ccnc6ccc(F)cc56)C[C@@H]34)(C1)C2. The largest absolute Gasteiger partial charge is 0.490 e. The minimum absolute atomic E-state index is 0.0279. The Balaban J connectivity index is 0.997. The Labute approximate surface area is 197 Å². The smallest absolute Gasteiger partial charge is 0.246 e. The molecule has 0 radical (unpaired) electrons. The highest BCUT2D eigenvalue weighted by atomic mass is 19.1. The molecular formula is C26H30FN3O4. The van der Waals surface area contributed by atoms with Crippen molar-refractivity contribution in [2.45, 2.75) is 56.2 Å². The van der Waals surface area contributed by atoms with E-state index in [2.05, 4.69) is 15.6 Å². The van der Waals surface area contributed by atoms with Crippen molar-refractivity contribution in [3.8, 4) is 5.75 Å². The minimum Gasteiger partial charge on any atom is -0.490 e. The van der Waals surface area contributed by atoms with Gasteiger partial charge in [0.15, 0.2) is 0 Å². The molecule has 180 valence electrons. The number of hydrogen-bond acceptors (Lipinski definition) is 5. The Morgan fingerprint density at radius 2 is 1.85 bits per heavy atom. The van der Waals surface area contributed by atoms with Gasteiger partial charge < -0.3 is 20.1 Å². The number of nitrogens with one attached hydrogen (secondary N) is 2. The molecule has 5 fully saturated rings. The van der Waals surface area contributed by atoms with Crippen LogP contribution in [0.15, 0.2) is 30.5 Å². The minimum atomic E-state index is -0.300. The summed E-state index contributed by atoms with van der Waals surface area (Å²) in [6.07, 6.45) is 6.05. The first kappa shape index (κ1) is 21.8. The molecule has 5 aliphatic carbocycles. The summed E-state index contributed by atoms with van der Waals surface area (Å²) < 4.78 is 24.9. The predicted molar refractivity (Wildman–Crippen MR) is 122 cm³/mol. The maximum atomic E-state index is 13.7. The summed E-state index contributed by atoms with van der Waals surface area (Å²) >= 11 is 0. The molecule has 0 saturated heterocycles. The van der Waals surface area contributed by atoms with Gasteiger partial charge in [-0.2, -0.15) is 0 Å². The van der Waals surface area contributed by atoms with Crippen LogP contribution in [0.5, 0.6) is 5.75 Å². The van der Waals surface area contributed by atoms with Gasteiger partial charge in [0.1, 0.15) is 18.2 Å². The quantitative estimate of drug-likeness (QED) is 0.623. The number of benzene rings is 1. The van der Waals surface area contributed by atoms with Crippen LogP contribution in [-0.4, -0.2) is 47.7 Å². The number of aromatic nitrogens is 1. The monoisotopic (exact) mass is 467 g/mol. The summed E-state index contributed by atoms with van der Waals surface area (Å²) in [7, 11) is 1.51. The second-order valence-electron chi connectivity index (χ2n) is 10.9. The average Bonchev–Trinajstić information content (AvgIpc) is 3.25. The summed E-state index contributed by atoms with van der Waals surface area (Å²) in [4.78, 5) is 29.1. The number of carbonyl (C=O) groups excluding carboxylic acids is 2. The fraction of sp³-hybridized carbons (Fsp3) is 0.577. The number of ether oxygens (including phenoxy) is 2. The fourth-order valence-electron chi connectivity index (χ4n) is 7.12. The molecule has 0 aliphatic heterocycles. The number of nitrogens with zero attached hydrogens (tertiary/aromatic N) is 1. The lowest BCUT2D eigenvalue weighted by molar-refractivity contribution is -0.153. The van der Waals surface area contributed by atoms with E-state index in [9.17, 15) is 14.0 Å².